The van der Waals surface area contributed by atoms with E-state index in [2.05, 4.69) is 10.2 Å². The lowest BCUT2D eigenvalue weighted by molar-refractivity contribution is 0.417. The monoisotopic (exact) mass is 356 g/mol. The van der Waals surface area contributed by atoms with Crippen molar-refractivity contribution in [1.29, 1.82) is 0 Å². The summed E-state index contributed by atoms with van der Waals surface area (Å²) in [4.78, 5) is 11.7. The van der Waals surface area contributed by atoms with E-state index in [1.165, 1.54) is 30.8 Å². The minimum Gasteiger partial charge on any atom is -0.493 e. The summed E-state index contributed by atoms with van der Waals surface area (Å²) in [6.07, 6.45) is 0. The zero-order valence-corrected chi connectivity index (χ0v) is 13.7. The Kier molecular flexibility index (Phi) is 4.45. The average molecular weight is 356 g/mol. The molecule has 0 aliphatic carbocycles. The van der Waals surface area contributed by atoms with Crippen molar-refractivity contribution in [1.82, 2.24) is 9.13 Å². The second-order valence-corrected chi connectivity index (χ2v) is 6.33. The number of rotatable bonds is 3. The van der Waals surface area contributed by atoms with E-state index in [0.29, 0.717) is 0 Å². The van der Waals surface area contributed by atoms with Crippen LogP contribution >= 0.6 is 12.2 Å². The number of hydrogen-bond donors (Lipinski definition) is 2. The van der Waals surface area contributed by atoms with Gasteiger partial charge in [0.2, 0.25) is 11.6 Å². The van der Waals surface area contributed by atoms with E-state index < -0.39 is 21.6 Å². The van der Waals surface area contributed by atoms with Crippen LogP contribution in [0.2, 0.25) is 0 Å². The first kappa shape index (κ1) is 17.0. The van der Waals surface area contributed by atoms with Gasteiger partial charge < -0.3 is 5.11 Å². The lowest BCUT2D eigenvalue weighted by atomic mass is 10.3. The molecule has 0 saturated heterocycles. The second-order valence-electron chi connectivity index (χ2n) is 4.55. The highest BCUT2D eigenvalue weighted by Crippen LogP contribution is 2.24. The fraction of sp³-hybridized carbons (Fsp3) is 0.167. The Morgan fingerprint density at radius 2 is 1.65 bits per heavy atom. The topological polar surface area (TPSA) is 126 Å². The summed E-state index contributed by atoms with van der Waals surface area (Å²) in [6, 6.07) is 4.84. The molecule has 1 aromatic carbocycles. The van der Waals surface area contributed by atoms with Crippen molar-refractivity contribution in [3.05, 3.63) is 39.4 Å². The van der Waals surface area contributed by atoms with Gasteiger partial charge in [-0.05, 0) is 36.5 Å². The molecule has 122 valence electrons. The van der Waals surface area contributed by atoms with Crippen LogP contribution in [0.3, 0.4) is 0 Å². The third-order valence-corrected chi connectivity index (χ3v) is 4.43. The van der Waals surface area contributed by atoms with E-state index in [9.17, 15) is 18.3 Å². The molecule has 1 heterocycles. The lowest BCUT2D eigenvalue weighted by Gasteiger charge is -2.08. The van der Waals surface area contributed by atoms with Gasteiger partial charge in [-0.1, -0.05) is 0 Å². The molecule has 11 heteroatoms. The maximum atomic E-state index is 12.0. The molecule has 0 saturated carbocycles. The molecule has 2 N–H and O–H groups in total. The zero-order chi connectivity index (χ0) is 17.4. The third kappa shape index (κ3) is 3.36. The van der Waals surface area contributed by atoms with Crippen LogP contribution in [-0.4, -0.2) is 27.2 Å². The Bertz CT molecular complexity index is 1000. The van der Waals surface area contributed by atoms with Gasteiger partial charge in [-0.3, -0.25) is 18.5 Å². The van der Waals surface area contributed by atoms with Crippen LogP contribution in [-0.2, 0) is 24.2 Å². The summed E-state index contributed by atoms with van der Waals surface area (Å²) in [6.45, 7) is 0. The molecule has 0 fully saturated rings. The highest BCUT2D eigenvalue weighted by atomic mass is 32.2. The van der Waals surface area contributed by atoms with Crippen molar-refractivity contribution in [2.45, 2.75) is 4.90 Å². The van der Waals surface area contributed by atoms with Gasteiger partial charge in [0.15, 0.2) is 4.77 Å². The predicted octanol–water partition coefficient (Wildman–Crippen LogP) is 1.82. The van der Waals surface area contributed by atoms with Crippen molar-refractivity contribution in [2.75, 3.05) is 0 Å². The molecular formula is C12H12N4O5S2. The highest BCUT2D eigenvalue weighted by Gasteiger charge is 2.13. The smallest absolute Gasteiger partial charge is 0.294 e. The van der Waals surface area contributed by atoms with Gasteiger partial charge in [0, 0.05) is 14.1 Å². The highest BCUT2D eigenvalue weighted by molar-refractivity contribution is 7.85. The van der Waals surface area contributed by atoms with Gasteiger partial charge >= 0.3 is 0 Å². The molecule has 0 atom stereocenters. The fourth-order valence-electron chi connectivity index (χ4n) is 1.70. The number of hydrogen-bond acceptors (Lipinski definition) is 7. The predicted molar refractivity (Wildman–Crippen MR) is 83.6 cm³/mol. The first-order valence-corrected chi connectivity index (χ1v) is 7.96. The van der Waals surface area contributed by atoms with Crippen molar-refractivity contribution < 1.29 is 18.1 Å². The number of aromatic hydroxyl groups is 1. The molecule has 0 unspecified atom stereocenters. The van der Waals surface area contributed by atoms with Crippen molar-refractivity contribution in [3.63, 3.8) is 0 Å². The van der Waals surface area contributed by atoms with E-state index in [4.69, 9.17) is 16.8 Å². The quantitative estimate of drug-likeness (QED) is 0.491. The maximum Gasteiger partial charge on any atom is 0.294 e. The molecule has 0 radical (unpaired) electrons. The van der Waals surface area contributed by atoms with Crippen molar-refractivity contribution in [3.8, 4) is 5.88 Å². The molecular weight excluding hydrogens is 344 g/mol. The van der Waals surface area contributed by atoms with E-state index in [1.54, 1.807) is 0 Å². The molecule has 9 nitrogen and oxygen atoms in total. The SMILES string of the molecule is Cn1c(O)c(N=Nc2ccc(S(=O)(=O)O)cc2)c(=O)n(C)c1=S. The molecule has 1 aromatic heterocycles. The normalized spacial score (nSPS) is 12.0. The summed E-state index contributed by atoms with van der Waals surface area (Å²) >= 11 is 4.97. The van der Waals surface area contributed by atoms with Gasteiger partial charge in [-0.2, -0.15) is 13.5 Å². The zero-order valence-electron chi connectivity index (χ0n) is 12.0. The second kappa shape index (κ2) is 6.02. The lowest BCUT2D eigenvalue weighted by Crippen LogP contribution is -2.20. The molecule has 0 spiro atoms. The number of nitrogens with zero attached hydrogens (tertiary/aromatic N) is 4. The standard InChI is InChI=1S/C12H12N4O5S2/c1-15-10(17)9(11(18)16(2)12(15)22)14-13-7-3-5-8(6-4-7)23(19,20)21/h3-6,17H,1-2H3,(H,19,20,21). The Morgan fingerprint density at radius 3 is 2.17 bits per heavy atom. The van der Waals surface area contributed by atoms with Crippen LogP contribution in [0.1, 0.15) is 0 Å². The molecule has 2 aromatic rings. The minimum absolute atomic E-state index is 0.115. The molecule has 2 rings (SSSR count). The van der Waals surface area contributed by atoms with Gasteiger partial charge in [-0.25, -0.2) is 0 Å². The summed E-state index contributed by atoms with van der Waals surface area (Å²) in [5, 5.41) is 17.4. The van der Waals surface area contributed by atoms with Crippen LogP contribution < -0.4 is 5.56 Å². The van der Waals surface area contributed by atoms with Crippen LogP contribution in [0.4, 0.5) is 11.4 Å². The summed E-state index contributed by atoms with van der Waals surface area (Å²) in [5.74, 6) is -0.434. The van der Waals surface area contributed by atoms with E-state index in [1.807, 2.05) is 0 Å². The van der Waals surface area contributed by atoms with E-state index in [0.717, 1.165) is 16.7 Å². The van der Waals surface area contributed by atoms with Crippen LogP contribution in [0, 0.1) is 4.77 Å². The summed E-state index contributed by atoms with van der Waals surface area (Å²) in [7, 11) is -1.39. The number of benzene rings is 1. The number of azo groups is 1. The van der Waals surface area contributed by atoms with Gasteiger partial charge in [-0.15, -0.1) is 5.11 Å². The molecule has 0 aliphatic heterocycles. The summed E-state index contributed by atoms with van der Waals surface area (Å²) < 4.78 is 33.2. The third-order valence-electron chi connectivity index (χ3n) is 3.01. The van der Waals surface area contributed by atoms with Gasteiger partial charge in [0.25, 0.3) is 15.7 Å². The van der Waals surface area contributed by atoms with Gasteiger partial charge in [0.05, 0.1) is 10.6 Å². The molecule has 0 amide bonds. The van der Waals surface area contributed by atoms with Crippen molar-refractivity contribution >= 4 is 33.7 Å². The first-order chi connectivity index (χ1) is 10.6. The first-order valence-electron chi connectivity index (χ1n) is 6.11. The molecule has 0 aliphatic rings. The Hall–Kier alpha value is -2.37. The minimum atomic E-state index is -4.30. The average Bonchev–Trinajstić information content (AvgIpc) is 2.50. The van der Waals surface area contributed by atoms with Crippen LogP contribution in [0.15, 0.2) is 44.2 Å². The number of aromatic nitrogens is 2. The Morgan fingerprint density at radius 1 is 1.09 bits per heavy atom. The Balaban J connectivity index is 2.46. The Labute approximate surface area is 135 Å². The largest absolute Gasteiger partial charge is 0.493 e. The van der Waals surface area contributed by atoms with Crippen LogP contribution in [0.25, 0.3) is 0 Å². The molecule has 23 heavy (non-hydrogen) atoms. The van der Waals surface area contributed by atoms with Crippen LogP contribution in [0.5, 0.6) is 5.88 Å². The van der Waals surface area contributed by atoms with Crippen molar-refractivity contribution in [2.24, 2.45) is 24.3 Å². The summed E-state index contributed by atoms with van der Waals surface area (Å²) in [5.41, 5.74) is -0.699. The van der Waals surface area contributed by atoms with E-state index in [-0.39, 0.29) is 21.0 Å². The van der Waals surface area contributed by atoms with Gasteiger partial charge in [0.1, 0.15) is 0 Å². The maximum absolute atomic E-state index is 12.0. The van der Waals surface area contributed by atoms with E-state index >= 15 is 0 Å². The fourth-order valence-corrected chi connectivity index (χ4v) is 2.35. The molecule has 0 bridgehead atoms.